The lowest BCUT2D eigenvalue weighted by Gasteiger charge is -2.02. The summed E-state index contributed by atoms with van der Waals surface area (Å²) < 4.78 is 0. The molecule has 2 aromatic rings. The number of hydrogen-bond acceptors (Lipinski definition) is 4. The van der Waals surface area contributed by atoms with Crippen LogP contribution in [0.15, 0.2) is 28.3 Å². The van der Waals surface area contributed by atoms with Crippen molar-refractivity contribution in [3.8, 4) is 0 Å². The van der Waals surface area contributed by atoms with Gasteiger partial charge in [-0.3, -0.25) is 5.10 Å². The summed E-state index contributed by atoms with van der Waals surface area (Å²) in [6.45, 7) is 2.31. The van der Waals surface area contributed by atoms with Crippen molar-refractivity contribution in [2.24, 2.45) is 5.73 Å². The van der Waals surface area contributed by atoms with Crippen LogP contribution in [0.2, 0.25) is 5.02 Å². The number of nitrogens with two attached hydrogens (primary N) is 1. The van der Waals surface area contributed by atoms with Crippen LogP contribution in [-0.4, -0.2) is 15.2 Å². The predicted octanol–water partition coefficient (Wildman–Crippen LogP) is 2.38. The lowest BCUT2D eigenvalue weighted by atomic mass is 10.2. The Morgan fingerprint density at radius 2 is 2.31 bits per heavy atom. The van der Waals surface area contributed by atoms with Crippen LogP contribution in [0.1, 0.15) is 11.4 Å². The van der Waals surface area contributed by atoms with Gasteiger partial charge >= 0.3 is 0 Å². The number of aryl methyl sites for hydroxylation is 1. The SMILES string of the molecule is Cc1nc(Sc2ccc(CN)c(Cl)c2)n[nH]1. The van der Waals surface area contributed by atoms with Crippen molar-refractivity contribution in [1.82, 2.24) is 15.2 Å². The van der Waals surface area contributed by atoms with Gasteiger partial charge in [0.2, 0.25) is 5.16 Å². The maximum absolute atomic E-state index is 6.06. The maximum atomic E-state index is 6.06. The third-order valence-electron chi connectivity index (χ3n) is 2.03. The fraction of sp³-hybridized carbons (Fsp3) is 0.200. The van der Waals surface area contributed by atoms with Crippen LogP contribution in [0, 0.1) is 6.92 Å². The monoisotopic (exact) mass is 254 g/mol. The molecular weight excluding hydrogens is 244 g/mol. The molecule has 3 N–H and O–H groups in total. The van der Waals surface area contributed by atoms with E-state index < -0.39 is 0 Å². The van der Waals surface area contributed by atoms with Gasteiger partial charge in [0.15, 0.2) is 0 Å². The maximum Gasteiger partial charge on any atom is 0.213 e. The molecule has 1 heterocycles. The molecular formula is C10H11ClN4S. The van der Waals surface area contributed by atoms with Crippen LogP contribution in [0.25, 0.3) is 0 Å². The second-order valence-corrected chi connectivity index (χ2v) is 4.71. The number of nitrogens with one attached hydrogen (secondary N) is 1. The van der Waals surface area contributed by atoms with Crippen molar-refractivity contribution in [2.45, 2.75) is 23.5 Å². The Morgan fingerprint density at radius 3 is 2.88 bits per heavy atom. The second-order valence-electron chi connectivity index (χ2n) is 3.26. The highest BCUT2D eigenvalue weighted by molar-refractivity contribution is 7.99. The summed E-state index contributed by atoms with van der Waals surface area (Å²) in [5.41, 5.74) is 6.48. The number of halogens is 1. The van der Waals surface area contributed by atoms with Crippen molar-refractivity contribution in [3.05, 3.63) is 34.6 Å². The highest BCUT2D eigenvalue weighted by atomic mass is 35.5. The van der Waals surface area contributed by atoms with Gasteiger partial charge < -0.3 is 5.73 Å². The first-order chi connectivity index (χ1) is 7.69. The molecule has 0 bridgehead atoms. The first-order valence-corrected chi connectivity index (χ1v) is 5.94. The normalized spacial score (nSPS) is 10.7. The van der Waals surface area contributed by atoms with Gasteiger partial charge in [0.1, 0.15) is 5.82 Å². The van der Waals surface area contributed by atoms with Gasteiger partial charge in [-0.15, -0.1) is 5.10 Å². The van der Waals surface area contributed by atoms with E-state index in [1.54, 1.807) is 0 Å². The fourth-order valence-electron chi connectivity index (χ4n) is 1.23. The van der Waals surface area contributed by atoms with Crippen LogP contribution >= 0.6 is 23.4 Å². The van der Waals surface area contributed by atoms with Crippen molar-refractivity contribution < 1.29 is 0 Å². The molecule has 0 aliphatic carbocycles. The predicted molar refractivity (Wildman–Crippen MR) is 64.6 cm³/mol. The first-order valence-electron chi connectivity index (χ1n) is 4.74. The summed E-state index contributed by atoms with van der Waals surface area (Å²) in [5.74, 6) is 0.798. The van der Waals surface area contributed by atoms with Crippen molar-refractivity contribution >= 4 is 23.4 Å². The fourth-order valence-corrected chi connectivity index (χ4v) is 2.35. The molecule has 0 amide bonds. The molecule has 6 heteroatoms. The summed E-state index contributed by atoms with van der Waals surface area (Å²) >= 11 is 7.52. The summed E-state index contributed by atoms with van der Waals surface area (Å²) in [4.78, 5) is 5.21. The minimum absolute atomic E-state index is 0.448. The van der Waals surface area contributed by atoms with Gasteiger partial charge in [-0.25, -0.2) is 4.98 Å². The molecule has 0 atom stereocenters. The average molecular weight is 255 g/mol. The van der Waals surface area contributed by atoms with Crippen molar-refractivity contribution in [3.63, 3.8) is 0 Å². The Kier molecular flexibility index (Phi) is 3.48. The largest absolute Gasteiger partial charge is 0.326 e. The summed E-state index contributed by atoms with van der Waals surface area (Å²) in [5, 5.41) is 8.20. The molecule has 0 radical (unpaired) electrons. The molecule has 16 heavy (non-hydrogen) atoms. The smallest absolute Gasteiger partial charge is 0.213 e. The molecule has 0 fully saturated rings. The quantitative estimate of drug-likeness (QED) is 0.883. The summed E-state index contributed by atoms with van der Waals surface area (Å²) in [7, 11) is 0. The molecule has 0 saturated carbocycles. The zero-order valence-electron chi connectivity index (χ0n) is 8.70. The summed E-state index contributed by atoms with van der Waals surface area (Å²) in [6, 6.07) is 5.76. The number of benzene rings is 1. The number of aromatic amines is 1. The lowest BCUT2D eigenvalue weighted by Crippen LogP contribution is -1.96. The molecule has 0 unspecified atom stereocenters. The van der Waals surface area contributed by atoms with Crippen LogP contribution in [0.5, 0.6) is 0 Å². The van der Waals surface area contributed by atoms with Gasteiger partial charge in [0.25, 0.3) is 0 Å². The Morgan fingerprint density at radius 1 is 1.50 bits per heavy atom. The van der Waals surface area contributed by atoms with E-state index in [0.29, 0.717) is 16.7 Å². The van der Waals surface area contributed by atoms with E-state index in [1.165, 1.54) is 11.8 Å². The van der Waals surface area contributed by atoms with Crippen LogP contribution in [0.3, 0.4) is 0 Å². The van der Waals surface area contributed by atoms with E-state index in [-0.39, 0.29) is 0 Å². The lowest BCUT2D eigenvalue weighted by molar-refractivity contribution is 0.969. The van der Waals surface area contributed by atoms with Gasteiger partial charge in [-0.1, -0.05) is 17.7 Å². The minimum Gasteiger partial charge on any atom is -0.326 e. The highest BCUT2D eigenvalue weighted by Crippen LogP contribution is 2.28. The van der Waals surface area contributed by atoms with Gasteiger partial charge in [0, 0.05) is 16.5 Å². The van der Waals surface area contributed by atoms with E-state index >= 15 is 0 Å². The number of nitrogens with zero attached hydrogens (tertiary/aromatic N) is 2. The summed E-state index contributed by atoms with van der Waals surface area (Å²) in [6.07, 6.45) is 0. The van der Waals surface area contributed by atoms with Crippen LogP contribution in [0.4, 0.5) is 0 Å². The number of hydrogen-bond donors (Lipinski definition) is 2. The van der Waals surface area contributed by atoms with E-state index in [2.05, 4.69) is 15.2 Å². The van der Waals surface area contributed by atoms with Crippen molar-refractivity contribution in [1.29, 1.82) is 0 Å². The topological polar surface area (TPSA) is 67.6 Å². The minimum atomic E-state index is 0.448. The molecule has 4 nitrogen and oxygen atoms in total. The molecule has 2 rings (SSSR count). The molecule has 1 aromatic carbocycles. The molecule has 0 aliphatic heterocycles. The Labute approximate surface area is 103 Å². The van der Waals surface area contributed by atoms with E-state index in [4.69, 9.17) is 17.3 Å². The molecule has 84 valence electrons. The number of aromatic nitrogens is 3. The highest BCUT2D eigenvalue weighted by Gasteiger charge is 2.05. The third-order valence-corrected chi connectivity index (χ3v) is 3.24. The Bertz CT molecular complexity index is 497. The molecule has 0 aliphatic rings. The van der Waals surface area contributed by atoms with Crippen LogP contribution in [-0.2, 0) is 6.54 Å². The Balaban J connectivity index is 2.19. The van der Waals surface area contributed by atoms with Crippen molar-refractivity contribution in [2.75, 3.05) is 0 Å². The van der Waals surface area contributed by atoms with Gasteiger partial charge in [-0.05, 0) is 36.4 Å². The zero-order valence-corrected chi connectivity index (χ0v) is 10.3. The van der Waals surface area contributed by atoms with E-state index in [9.17, 15) is 0 Å². The average Bonchev–Trinajstić information content (AvgIpc) is 2.64. The van der Waals surface area contributed by atoms with Gasteiger partial charge in [-0.2, -0.15) is 0 Å². The zero-order chi connectivity index (χ0) is 11.5. The number of H-pyrrole nitrogens is 1. The second kappa shape index (κ2) is 4.86. The van der Waals surface area contributed by atoms with Crippen LogP contribution < -0.4 is 5.73 Å². The molecule has 1 aromatic heterocycles. The Hall–Kier alpha value is -1.04. The number of rotatable bonds is 3. The van der Waals surface area contributed by atoms with Gasteiger partial charge in [0.05, 0.1) is 0 Å². The molecule has 0 spiro atoms. The molecule has 0 saturated heterocycles. The standard InChI is InChI=1S/C10H11ClN4S/c1-6-13-10(15-14-6)16-8-3-2-7(5-12)9(11)4-8/h2-4H,5,12H2,1H3,(H,13,14,15). The van der Waals surface area contributed by atoms with E-state index in [1.807, 2.05) is 25.1 Å². The van der Waals surface area contributed by atoms with E-state index in [0.717, 1.165) is 16.3 Å². The first kappa shape index (κ1) is 11.4. The third kappa shape index (κ3) is 2.55.